The van der Waals surface area contributed by atoms with Crippen LogP contribution in [0.2, 0.25) is 0 Å². The summed E-state index contributed by atoms with van der Waals surface area (Å²) in [5.74, 6) is 0. The first-order valence-corrected chi connectivity index (χ1v) is 7.34. The molecular formula is C16H24N2. The van der Waals surface area contributed by atoms with Gasteiger partial charge in [-0.1, -0.05) is 25.1 Å². The second kappa shape index (κ2) is 4.58. The third-order valence-electron chi connectivity index (χ3n) is 4.83. The third kappa shape index (κ3) is 1.93. The molecule has 0 amide bonds. The van der Waals surface area contributed by atoms with Crippen LogP contribution in [0.5, 0.6) is 0 Å². The smallest absolute Gasteiger partial charge is 0.0402 e. The van der Waals surface area contributed by atoms with Gasteiger partial charge in [-0.25, -0.2) is 0 Å². The van der Waals surface area contributed by atoms with Crippen LogP contribution in [-0.2, 0) is 6.42 Å². The third-order valence-corrected chi connectivity index (χ3v) is 4.83. The number of hydrogen-bond donors (Lipinski definition) is 1. The molecule has 2 heterocycles. The number of hydrogen-bond acceptors (Lipinski definition) is 2. The molecule has 1 N–H and O–H groups in total. The van der Waals surface area contributed by atoms with Gasteiger partial charge < -0.3 is 10.2 Å². The molecule has 0 radical (unpaired) electrons. The van der Waals surface area contributed by atoms with Crippen molar-refractivity contribution in [3.63, 3.8) is 0 Å². The first kappa shape index (κ1) is 12.0. The maximum Gasteiger partial charge on any atom is 0.0402 e. The lowest BCUT2D eigenvalue weighted by molar-refractivity contribution is 0.355. The molecular weight excluding hydrogens is 220 g/mol. The monoisotopic (exact) mass is 244 g/mol. The summed E-state index contributed by atoms with van der Waals surface area (Å²) in [5.41, 5.74) is 3.34. The first-order valence-electron chi connectivity index (χ1n) is 7.34. The van der Waals surface area contributed by atoms with Crippen LogP contribution < -0.4 is 10.2 Å². The van der Waals surface area contributed by atoms with E-state index in [2.05, 4.69) is 48.3 Å². The van der Waals surface area contributed by atoms with E-state index in [9.17, 15) is 0 Å². The Bertz CT molecular complexity index is 421. The average Bonchev–Trinajstić information content (AvgIpc) is 2.97. The second-order valence-corrected chi connectivity index (χ2v) is 5.97. The number of para-hydroxylation sites is 1. The van der Waals surface area contributed by atoms with Gasteiger partial charge in [0, 0.05) is 23.8 Å². The lowest BCUT2D eigenvalue weighted by atomic mass is 9.93. The standard InChI is InChI=1S/C16H24N2/c1-3-16(9-6-10-17-16)12-18-13(2)11-14-7-4-5-8-15(14)18/h4-5,7-8,13,17H,3,6,9-12H2,1-2H3. The lowest BCUT2D eigenvalue weighted by Crippen LogP contribution is -2.51. The second-order valence-electron chi connectivity index (χ2n) is 5.97. The van der Waals surface area contributed by atoms with Crippen molar-refractivity contribution < 1.29 is 0 Å². The highest BCUT2D eigenvalue weighted by molar-refractivity contribution is 5.59. The van der Waals surface area contributed by atoms with Gasteiger partial charge in [0.2, 0.25) is 0 Å². The molecule has 0 saturated carbocycles. The average molecular weight is 244 g/mol. The minimum atomic E-state index is 0.353. The summed E-state index contributed by atoms with van der Waals surface area (Å²) in [6.07, 6.45) is 5.10. The predicted molar refractivity (Wildman–Crippen MR) is 77.2 cm³/mol. The Morgan fingerprint density at radius 1 is 1.39 bits per heavy atom. The summed E-state index contributed by atoms with van der Waals surface area (Å²) in [7, 11) is 0. The topological polar surface area (TPSA) is 15.3 Å². The van der Waals surface area contributed by atoms with Crippen LogP contribution >= 0.6 is 0 Å². The van der Waals surface area contributed by atoms with Crippen LogP contribution in [0.4, 0.5) is 5.69 Å². The molecule has 18 heavy (non-hydrogen) atoms. The predicted octanol–water partition coefficient (Wildman–Crippen LogP) is 2.97. The molecule has 2 atom stereocenters. The van der Waals surface area contributed by atoms with Gasteiger partial charge in [0.1, 0.15) is 0 Å². The van der Waals surface area contributed by atoms with Gasteiger partial charge in [0.05, 0.1) is 0 Å². The molecule has 0 aliphatic carbocycles. The number of anilines is 1. The molecule has 2 unspecified atom stereocenters. The van der Waals surface area contributed by atoms with E-state index in [4.69, 9.17) is 0 Å². The number of fused-ring (bicyclic) bond motifs is 1. The van der Waals surface area contributed by atoms with Crippen LogP contribution in [0, 0.1) is 0 Å². The Balaban J connectivity index is 1.84. The van der Waals surface area contributed by atoms with Gasteiger partial charge in [-0.2, -0.15) is 0 Å². The van der Waals surface area contributed by atoms with E-state index in [0.29, 0.717) is 11.6 Å². The summed E-state index contributed by atoms with van der Waals surface area (Å²) in [6.45, 7) is 7.04. The lowest BCUT2D eigenvalue weighted by Gasteiger charge is -2.36. The molecule has 98 valence electrons. The highest BCUT2D eigenvalue weighted by atomic mass is 15.2. The van der Waals surface area contributed by atoms with Crippen molar-refractivity contribution in [3.05, 3.63) is 29.8 Å². The Labute approximate surface area is 110 Å². The van der Waals surface area contributed by atoms with E-state index in [0.717, 1.165) is 0 Å². The number of rotatable bonds is 3. The maximum absolute atomic E-state index is 3.76. The normalized spacial score (nSPS) is 30.8. The number of nitrogens with zero attached hydrogens (tertiary/aromatic N) is 1. The Morgan fingerprint density at radius 3 is 2.94 bits per heavy atom. The molecule has 0 spiro atoms. The van der Waals surface area contributed by atoms with Crippen LogP contribution in [0.1, 0.15) is 38.7 Å². The summed E-state index contributed by atoms with van der Waals surface area (Å²) in [4.78, 5) is 2.62. The van der Waals surface area contributed by atoms with E-state index >= 15 is 0 Å². The van der Waals surface area contributed by atoms with Gasteiger partial charge in [0.25, 0.3) is 0 Å². The Hall–Kier alpha value is -1.02. The summed E-state index contributed by atoms with van der Waals surface area (Å²) in [5, 5.41) is 3.76. The Kier molecular flexibility index (Phi) is 3.06. The van der Waals surface area contributed by atoms with E-state index in [1.807, 2.05) is 0 Å². The van der Waals surface area contributed by atoms with Crippen molar-refractivity contribution in [3.8, 4) is 0 Å². The van der Waals surface area contributed by atoms with Gasteiger partial charge in [-0.05, 0) is 50.8 Å². The number of nitrogens with one attached hydrogen (secondary N) is 1. The van der Waals surface area contributed by atoms with Crippen molar-refractivity contribution in [1.29, 1.82) is 0 Å². The highest BCUT2D eigenvalue weighted by Gasteiger charge is 2.37. The van der Waals surface area contributed by atoms with Crippen LogP contribution in [-0.4, -0.2) is 24.7 Å². The molecule has 0 bridgehead atoms. The summed E-state index contributed by atoms with van der Waals surface area (Å²) in [6, 6.07) is 9.56. The fourth-order valence-corrected chi connectivity index (χ4v) is 3.61. The van der Waals surface area contributed by atoms with E-state index in [1.165, 1.54) is 50.0 Å². The first-order chi connectivity index (χ1) is 8.74. The largest absolute Gasteiger partial charge is 0.366 e. The summed E-state index contributed by atoms with van der Waals surface area (Å²) >= 11 is 0. The highest BCUT2D eigenvalue weighted by Crippen LogP contribution is 2.35. The van der Waals surface area contributed by atoms with Crippen LogP contribution in [0.15, 0.2) is 24.3 Å². The van der Waals surface area contributed by atoms with Crippen LogP contribution in [0.3, 0.4) is 0 Å². The minimum absolute atomic E-state index is 0.353. The van der Waals surface area contributed by atoms with Crippen molar-refractivity contribution >= 4 is 5.69 Å². The van der Waals surface area contributed by atoms with Crippen LogP contribution in [0.25, 0.3) is 0 Å². The zero-order valence-corrected chi connectivity index (χ0v) is 11.6. The number of benzene rings is 1. The zero-order chi connectivity index (χ0) is 12.6. The van der Waals surface area contributed by atoms with E-state index in [-0.39, 0.29) is 0 Å². The van der Waals surface area contributed by atoms with Crippen molar-refractivity contribution in [2.45, 2.75) is 51.1 Å². The van der Waals surface area contributed by atoms with E-state index < -0.39 is 0 Å². The fraction of sp³-hybridized carbons (Fsp3) is 0.625. The molecule has 2 aliphatic rings. The molecule has 1 aromatic carbocycles. The van der Waals surface area contributed by atoms with Crippen molar-refractivity contribution in [1.82, 2.24) is 5.32 Å². The van der Waals surface area contributed by atoms with Gasteiger partial charge in [-0.15, -0.1) is 0 Å². The molecule has 0 aromatic heterocycles. The molecule has 1 fully saturated rings. The maximum atomic E-state index is 3.76. The van der Waals surface area contributed by atoms with Gasteiger partial charge in [-0.3, -0.25) is 0 Å². The SMILES string of the molecule is CCC1(CN2c3ccccc3CC2C)CCCN1. The quantitative estimate of drug-likeness (QED) is 0.879. The van der Waals surface area contributed by atoms with E-state index in [1.54, 1.807) is 0 Å². The van der Waals surface area contributed by atoms with Gasteiger partial charge >= 0.3 is 0 Å². The zero-order valence-electron chi connectivity index (χ0n) is 11.6. The molecule has 3 rings (SSSR count). The molecule has 2 heteroatoms. The fourth-order valence-electron chi connectivity index (χ4n) is 3.61. The molecule has 1 saturated heterocycles. The molecule has 2 aliphatic heterocycles. The van der Waals surface area contributed by atoms with Crippen molar-refractivity contribution in [2.24, 2.45) is 0 Å². The van der Waals surface area contributed by atoms with Gasteiger partial charge in [0.15, 0.2) is 0 Å². The minimum Gasteiger partial charge on any atom is -0.366 e. The molecule has 1 aromatic rings. The Morgan fingerprint density at radius 2 is 2.22 bits per heavy atom. The molecule has 2 nitrogen and oxygen atoms in total. The van der Waals surface area contributed by atoms with Crippen molar-refractivity contribution in [2.75, 3.05) is 18.0 Å². The summed E-state index contributed by atoms with van der Waals surface area (Å²) < 4.78 is 0.